The highest BCUT2D eigenvalue weighted by atomic mass is 16.5. The molecule has 3 rings (SSSR count). The molecule has 0 aromatic heterocycles. The van der Waals surface area contributed by atoms with Crippen LogP contribution in [0.2, 0.25) is 0 Å². The Balaban J connectivity index is 1.72. The van der Waals surface area contributed by atoms with Gasteiger partial charge in [-0.05, 0) is 49.2 Å². The molecule has 0 unspecified atom stereocenters. The molecule has 1 aliphatic carbocycles. The Kier molecular flexibility index (Phi) is 5.36. The summed E-state index contributed by atoms with van der Waals surface area (Å²) >= 11 is 0. The van der Waals surface area contributed by atoms with Crippen LogP contribution in [0.4, 0.5) is 11.4 Å². The number of para-hydroxylation sites is 1. The Hall–Kier alpha value is -2.49. The average molecular weight is 324 g/mol. The van der Waals surface area contributed by atoms with Crippen LogP contribution in [0.15, 0.2) is 48.5 Å². The summed E-state index contributed by atoms with van der Waals surface area (Å²) in [4.78, 5) is 12.7. The van der Waals surface area contributed by atoms with Gasteiger partial charge < -0.3 is 15.4 Å². The fourth-order valence-electron chi connectivity index (χ4n) is 3.13. The van der Waals surface area contributed by atoms with E-state index in [1.165, 1.54) is 19.3 Å². The first-order chi connectivity index (χ1) is 11.8. The molecule has 2 N–H and O–H groups in total. The standard InChI is InChI=1S/C20H24N2O2/c1-24-17-13-11-16(12-14-17)21-19-10-6-5-9-18(19)20(23)22-15-7-3-2-4-8-15/h5-6,9-15,21H,2-4,7-8H2,1H3,(H,22,23). The van der Waals surface area contributed by atoms with Gasteiger partial charge in [0.05, 0.1) is 18.4 Å². The molecule has 1 aliphatic rings. The van der Waals surface area contributed by atoms with Crippen LogP contribution in [0, 0.1) is 0 Å². The van der Waals surface area contributed by atoms with E-state index >= 15 is 0 Å². The fourth-order valence-corrected chi connectivity index (χ4v) is 3.13. The fraction of sp³-hybridized carbons (Fsp3) is 0.350. The second kappa shape index (κ2) is 7.86. The van der Waals surface area contributed by atoms with Gasteiger partial charge in [0.25, 0.3) is 5.91 Å². The second-order valence-corrected chi connectivity index (χ2v) is 6.21. The maximum absolute atomic E-state index is 12.7. The first-order valence-electron chi connectivity index (χ1n) is 8.57. The summed E-state index contributed by atoms with van der Waals surface area (Å²) in [6.07, 6.45) is 5.86. The van der Waals surface area contributed by atoms with Gasteiger partial charge in [-0.25, -0.2) is 0 Å². The van der Waals surface area contributed by atoms with E-state index in [2.05, 4.69) is 10.6 Å². The smallest absolute Gasteiger partial charge is 0.253 e. The van der Waals surface area contributed by atoms with Crippen molar-refractivity contribution in [3.8, 4) is 5.75 Å². The molecule has 0 aliphatic heterocycles. The zero-order valence-corrected chi connectivity index (χ0v) is 14.0. The second-order valence-electron chi connectivity index (χ2n) is 6.21. The topological polar surface area (TPSA) is 50.4 Å². The summed E-state index contributed by atoms with van der Waals surface area (Å²) < 4.78 is 5.17. The van der Waals surface area contributed by atoms with Crippen LogP contribution in [0.3, 0.4) is 0 Å². The Labute approximate surface area is 143 Å². The highest BCUT2D eigenvalue weighted by Crippen LogP contribution is 2.24. The van der Waals surface area contributed by atoms with Gasteiger partial charge >= 0.3 is 0 Å². The van der Waals surface area contributed by atoms with Crippen LogP contribution in [0.5, 0.6) is 5.75 Å². The summed E-state index contributed by atoms with van der Waals surface area (Å²) in [5.41, 5.74) is 2.42. The summed E-state index contributed by atoms with van der Waals surface area (Å²) in [5.74, 6) is 0.808. The Morgan fingerprint density at radius 3 is 2.42 bits per heavy atom. The van der Waals surface area contributed by atoms with E-state index in [9.17, 15) is 4.79 Å². The zero-order chi connectivity index (χ0) is 16.8. The van der Waals surface area contributed by atoms with Gasteiger partial charge in [-0.15, -0.1) is 0 Å². The molecule has 0 atom stereocenters. The predicted octanol–water partition coefficient (Wildman–Crippen LogP) is 4.50. The van der Waals surface area contributed by atoms with E-state index in [-0.39, 0.29) is 5.91 Å². The summed E-state index contributed by atoms with van der Waals surface area (Å²) in [7, 11) is 1.65. The molecule has 0 spiro atoms. The summed E-state index contributed by atoms with van der Waals surface area (Å²) in [6.45, 7) is 0. The van der Waals surface area contributed by atoms with Gasteiger partial charge in [0.2, 0.25) is 0 Å². The van der Waals surface area contributed by atoms with Crippen molar-refractivity contribution in [1.82, 2.24) is 5.32 Å². The summed E-state index contributed by atoms with van der Waals surface area (Å²) in [5, 5.41) is 6.51. The van der Waals surface area contributed by atoms with E-state index < -0.39 is 0 Å². The van der Waals surface area contributed by atoms with Crippen LogP contribution in [-0.4, -0.2) is 19.1 Å². The van der Waals surface area contributed by atoms with Crippen LogP contribution < -0.4 is 15.4 Å². The number of rotatable bonds is 5. The number of hydrogen-bond donors (Lipinski definition) is 2. The van der Waals surface area contributed by atoms with E-state index in [0.717, 1.165) is 30.0 Å². The quantitative estimate of drug-likeness (QED) is 0.851. The van der Waals surface area contributed by atoms with Crippen LogP contribution in [-0.2, 0) is 0 Å². The first kappa shape index (κ1) is 16.4. The van der Waals surface area contributed by atoms with E-state index in [0.29, 0.717) is 11.6 Å². The van der Waals surface area contributed by atoms with Crippen molar-refractivity contribution in [2.45, 2.75) is 38.1 Å². The molecular formula is C20H24N2O2. The van der Waals surface area contributed by atoms with Crippen molar-refractivity contribution >= 4 is 17.3 Å². The minimum absolute atomic E-state index is 0.00138. The highest BCUT2D eigenvalue weighted by molar-refractivity contribution is 6.00. The van der Waals surface area contributed by atoms with Gasteiger partial charge in [-0.3, -0.25) is 4.79 Å². The molecule has 0 saturated heterocycles. The van der Waals surface area contributed by atoms with Crippen molar-refractivity contribution < 1.29 is 9.53 Å². The number of methoxy groups -OCH3 is 1. The molecule has 24 heavy (non-hydrogen) atoms. The Bertz CT molecular complexity index is 676. The maximum Gasteiger partial charge on any atom is 0.253 e. The first-order valence-corrected chi connectivity index (χ1v) is 8.57. The normalized spacial score (nSPS) is 14.9. The lowest BCUT2D eigenvalue weighted by atomic mass is 9.95. The van der Waals surface area contributed by atoms with Gasteiger partial charge in [0, 0.05) is 11.7 Å². The van der Waals surface area contributed by atoms with Crippen molar-refractivity contribution in [2.24, 2.45) is 0 Å². The number of anilines is 2. The van der Waals surface area contributed by atoms with Crippen LogP contribution in [0.25, 0.3) is 0 Å². The van der Waals surface area contributed by atoms with Crippen molar-refractivity contribution in [3.05, 3.63) is 54.1 Å². The number of nitrogens with one attached hydrogen (secondary N) is 2. The number of carbonyl (C=O) groups excluding carboxylic acids is 1. The lowest BCUT2D eigenvalue weighted by Gasteiger charge is -2.23. The number of amides is 1. The Morgan fingerprint density at radius 2 is 1.71 bits per heavy atom. The molecule has 4 nitrogen and oxygen atoms in total. The molecule has 0 heterocycles. The van der Waals surface area contributed by atoms with Gasteiger partial charge in [-0.1, -0.05) is 31.4 Å². The molecule has 0 bridgehead atoms. The largest absolute Gasteiger partial charge is 0.497 e. The molecule has 1 amide bonds. The number of carbonyl (C=O) groups is 1. The third kappa shape index (κ3) is 4.07. The average Bonchev–Trinajstić information content (AvgIpc) is 2.63. The molecule has 2 aromatic rings. The van der Waals surface area contributed by atoms with Gasteiger partial charge in [-0.2, -0.15) is 0 Å². The highest BCUT2D eigenvalue weighted by Gasteiger charge is 2.18. The van der Waals surface area contributed by atoms with E-state index in [4.69, 9.17) is 4.74 Å². The molecular weight excluding hydrogens is 300 g/mol. The number of benzene rings is 2. The monoisotopic (exact) mass is 324 g/mol. The molecule has 126 valence electrons. The number of hydrogen-bond acceptors (Lipinski definition) is 3. The van der Waals surface area contributed by atoms with Gasteiger partial charge in [0.15, 0.2) is 0 Å². The van der Waals surface area contributed by atoms with Gasteiger partial charge in [0.1, 0.15) is 5.75 Å². The SMILES string of the molecule is COc1ccc(Nc2ccccc2C(=O)NC2CCCCC2)cc1. The van der Waals surface area contributed by atoms with Crippen molar-refractivity contribution in [1.29, 1.82) is 0 Å². The lowest BCUT2D eigenvalue weighted by molar-refractivity contribution is 0.0928. The van der Waals surface area contributed by atoms with Crippen molar-refractivity contribution in [2.75, 3.05) is 12.4 Å². The number of ether oxygens (including phenoxy) is 1. The van der Waals surface area contributed by atoms with E-state index in [1.54, 1.807) is 7.11 Å². The minimum atomic E-state index is -0.00138. The summed E-state index contributed by atoms with van der Waals surface area (Å²) in [6, 6.07) is 15.6. The Morgan fingerprint density at radius 1 is 1.00 bits per heavy atom. The molecule has 0 radical (unpaired) electrons. The zero-order valence-electron chi connectivity index (χ0n) is 14.0. The molecule has 1 saturated carbocycles. The third-order valence-corrected chi connectivity index (χ3v) is 4.48. The molecule has 1 fully saturated rings. The minimum Gasteiger partial charge on any atom is -0.497 e. The predicted molar refractivity (Wildman–Crippen MR) is 97.1 cm³/mol. The maximum atomic E-state index is 12.7. The molecule has 2 aromatic carbocycles. The van der Waals surface area contributed by atoms with Crippen LogP contribution >= 0.6 is 0 Å². The third-order valence-electron chi connectivity index (χ3n) is 4.48. The van der Waals surface area contributed by atoms with E-state index in [1.807, 2.05) is 48.5 Å². The van der Waals surface area contributed by atoms with Crippen molar-refractivity contribution in [3.63, 3.8) is 0 Å². The van der Waals surface area contributed by atoms with Crippen LogP contribution in [0.1, 0.15) is 42.5 Å². The molecule has 4 heteroatoms. The lowest BCUT2D eigenvalue weighted by Crippen LogP contribution is -2.36.